The zero-order valence-electron chi connectivity index (χ0n) is 10.4. The largest absolute Gasteiger partial charge is 0.271 e. The van der Waals surface area contributed by atoms with Crippen LogP contribution in [0.2, 0.25) is 0 Å². The lowest BCUT2D eigenvalue weighted by atomic mass is 9.59. The second-order valence-electron chi connectivity index (χ2n) is 4.73. The number of nitrogens with two attached hydrogens (primary N) is 1. The van der Waals surface area contributed by atoms with E-state index in [9.17, 15) is 0 Å². The predicted molar refractivity (Wildman–Crippen MR) is 71.1 cm³/mol. The molecular weight excluding hydrogens is 208 g/mol. The summed E-state index contributed by atoms with van der Waals surface area (Å²) in [4.78, 5) is 0. The molecule has 1 aliphatic carbocycles. The van der Waals surface area contributed by atoms with Crippen molar-refractivity contribution in [3.05, 3.63) is 35.9 Å². The number of hydrazine groups is 1. The maximum absolute atomic E-state index is 5.73. The number of hydrogen-bond acceptors (Lipinski definition) is 2. The molecule has 1 aliphatic rings. The number of nitrogens with one attached hydrogen (secondary N) is 1. The van der Waals surface area contributed by atoms with Gasteiger partial charge in [-0.25, -0.2) is 0 Å². The molecule has 0 radical (unpaired) electrons. The van der Waals surface area contributed by atoms with Gasteiger partial charge in [0.1, 0.15) is 0 Å². The molecule has 1 aromatic carbocycles. The van der Waals surface area contributed by atoms with Crippen LogP contribution in [0.4, 0.5) is 0 Å². The molecular formula is C15H20N2. The smallest absolute Gasteiger partial charge is 0.0416 e. The third kappa shape index (κ3) is 2.22. The third-order valence-electron chi connectivity index (χ3n) is 3.95. The van der Waals surface area contributed by atoms with Crippen molar-refractivity contribution in [3.8, 4) is 11.8 Å². The third-order valence-corrected chi connectivity index (χ3v) is 3.95. The van der Waals surface area contributed by atoms with Gasteiger partial charge in [-0.1, -0.05) is 36.8 Å². The summed E-state index contributed by atoms with van der Waals surface area (Å²) in [5.41, 5.74) is 4.57. The highest BCUT2D eigenvalue weighted by molar-refractivity contribution is 5.31. The summed E-state index contributed by atoms with van der Waals surface area (Å²) in [6.45, 7) is 1.88. The number of hydrogen-bond donors (Lipinski definition) is 2. The fourth-order valence-electron chi connectivity index (χ4n) is 2.78. The first kappa shape index (κ1) is 12.2. The Labute approximate surface area is 104 Å². The monoisotopic (exact) mass is 228 g/mol. The SMILES string of the molecule is CC#CCC(NN)C1(c2ccccc2)CCC1. The van der Waals surface area contributed by atoms with E-state index in [1.165, 1.54) is 24.8 Å². The van der Waals surface area contributed by atoms with Gasteiger partial charge in [0, 0.05) is 17.9 Å². The van der Waals surface area contributed by atoms with E-state index in [0.717, 1.165) is 6.42 Å². The van der Waals surface area contributed by atoms with Gasteiger partial charge >= 0.3 is 0 Å². The molecule has 2 nitrogen and oxygen atoms in total. The van der Waals surface area contributed by atoms with Crippen molar-refractivity contribution < 1.29 is 0 Å². The molecule has 0 amide bonds. The normalized spacial score (nSPS) is 18.7. The molecule has 2 heteroatoms. The van der Waals surface area contributed by atoms with E-state index in [-0.39, 0.29) is 11.5 Å². The first-order valence-corrected chi connectivity index (χ1v) is 6.25. The highest BCUT2D eigenvalue weighted by Gasteiger charge is 2.44. The Morgan fingerprint density at radius 2 is 2.06 bits per heavy atom. The zero-order valence-corrected chi connectivity index (χ0v) is 10.4. The van der Waals surface area contributed by atoms with Crippen molar-refractivity contribution in [3.63, 3.8) is 0 Å². The molecule has 90 valence electrons. The minimum atomic E-state index is 0.194. The van der Waals surface area contributed by atoms with Crippen molar-refractivity contribution in [2.45, 2.75) is 44.1 Å². The summed E-state index contributed by atoms with van der Waals surface area (Å²) in [7, 11) is 0. The van der Waals surface area contributed by atoms with Crippen molar-refractivity contribution in [1.82, 2.24) is 5.43 Å². The van der Waals surface area contributed by atoms with Gasteiger partial charge in [0.05, 0.1) is 0 Å². The van der Waals surface area contributed by atoms with Crippen molar-refractivity contribution in [2.75, 3.05) is 0 Å². The highest BCUT2D eigenvalue weighted by atomic mass is 15.2. The van der Waals surface area contributed by atoms with Gasteiger partial charge in [0.15, 0.2) is 0 Å². The van der Waals surface area contributed by atoms with Crippen LogP contribution in [-0.4, -0.2) is 6.04 Å². The second kappa shape index (κ2) is 5.35. The van der Waals surface area contributed by atoms with E-state index in [2.05, 4.69) is 47.6 Å². The molecule has 0 aliphatic heterocycles. The molecule has 1 unspecified atom stereocenters. The molecule has 2 rings (SSSR count). The molecule has 0 bridgehead atoms. The highest BCUT2D eigenvalue weighted by Crippen LogP contribution is 2.46. The van der Waals surface area contributed by atoms with Gasteiger partial charge in [-0.3, -0.25) is 11.3 Å². The summed E-state index contributed by atoms with van der Waals surface area (Å²) in [5.74, 6) is 11.8. The van der Waals surface area contributed by atoms with Crippen LogP contribution in [0.5, 0.6) is 0 Å². The number of benzene rings is 1. The molecule has 1 saturated carbocycles. The molecule has 0 aromatic heterocycles. The maximum Gasteiger partial charge on any atom is 0.0416 e. The Bertz CT molecular complexity index is 410. The van der Waals surface area contributed by atoms with E-state index in [1.807, 2.05) is 6.92 Å². The Morgan fingerprint density at radius 3 is 2.53 bits per heavy atom. The Morgan fingerprint density at radius 1 is 1.35 bits per heavy atom. The second-order valence-corrected chi connectivity index (χ2v) is 4.73. The van der Waals surface area contributed by atoms with Crippen molar-refractivity contribution >= 4 is 0 Å². The molecule has 3 N–H and O–H groups in total. The molecule has 0 spiro atoms. The molecule has 0 heterocycles. The number of rotatable bonds is 4. The van der Waals surface area contributed by atoms with E-state index in [1.54, 1.807) is 0 Å². The average molecular weight is 228 g/mol. The molecule has 17 heavy (non-hydrogen) atoms. The van der Waals surface area contributed by atoms with E-state index in [0.29, 0.717) is 0 Å². The Hall–Kier alpha value is -1.30. The Balaban J connectivity index is 2.26. The lowest BCUT2D eigenvalue weighted by molar-refractivity contribution is 0.171. The van der Waals surface area contributed by atoms with E-state index >= 15 is 0 Å². The molecule has 1 fully saturated rings. The van der Waals surface area contributed by atoms with Crippen LogP contribution in [0.3, 0.4) is 0 Å². The predicted octanol–water partition coefficient (Wildman–Crippen LogP) is 2.35. The van der Waals surface area contributed by atoms with Crippen LogP contribution >= 0.6 is 0 Å². The van der Waals surface area contributed by atoms with Crippen molar-refractivity contribution in [2.24, 2.45) is 5.84 Å². The first-order chi connectivity index (χ1) is 8.33. The lowest BCUT2D eigenvalue weighted by Crippen LogP contribution is -2.54. The zero-order chi connectivity index (χ0) is 12.1. The standard InChI is InChI=1S/C15H20N2/c1-2-3-10-14(17-16)15(11-7-12-15)13-8-5-4-6-9-13/h4-6,8-9,14,17H,7,10-12,16H2,1H3. The Kier molecular flexibility index (Phi) is 3.83. The van der Waals surface area contributed by atoms with Crippen LogP contribution in [-0.2, 0) is 5.41 Å². The fraction of sp³-hybridized carbons (Fsp3) is 0.467. The summed E-state index contributed by atoms with van der Waals surface area (Å²) >= 11 is 0. The summed E-state index contributed by atoms with van der Waals surface area (Å²) in [5, 5.41) is 0. The van der Waals surface area contributed by atoms with Crippen LogP contribution in [0.1, 0.15) is 38.2 Å². The van der Waals surface area contributed by atoms with E-state index < -0.39 is 0 Å². The molecule has 1 atom stereocenters. The topological polar surface area (TPSA) is 38.0 Å². The minimum absolute atomic E-state index is 0.194. The van der Waals surface area contributed by atoms with E-state index in [4.69, 9.17) is 5.84 Å². The van der Waals surface area contributed by atoms with Crippen LogP contribution in [0.15, 0.2) is 30.3 Å². The van der Waals surface area contributed by atoms with Gasteiger partial charge in [-0.2, -0.15) is 0 Å². The maximum atomic E-state index is 5.73. The lowest BCUT2D eigenvalue weighted by Gasteiger charge is -2.47. The average Bonchev–Trinajstić information content (AvgIpc) is 2.33. The van der Waals surface area contributed by atoms with Crippen molar-refractivity contribution in [1.29, 1.82) is 0 Å². The summed E-state index contributed by atoms with van der Waals surface area (Å²) < 4.78 is 0. The van der Waals surface area contributed by atoms with Gasteiger partial charge < -0.3 is 0 Å². The van der Waals surface area contributed by atoms with Gasteiger partial charge in [-0.05, 0) is 25.3 Å². The van der Waals surface area contributed by atoms with Gasteiger partial charge in [0.2, 0.25) is 0 Å². The molecule has 1 aromatic rings. The summed E-state index contributed by atoms with van der Waals surface area (Å²) in [6, 6.07) is 11.0. The fourth-order valence-corrected chi connectivity index (χ4v) is 2.78. The van der Waals surface area contributed by atoms with Gasteiger partial charge in [-0.15, -0.1) is 11.8 Å². The quantitative estimate of drug-likeness (QED) is 0.471. The van der Waals surface area contributed by atoms with Gasteiger partial charge in [0.25, 0.3) is 0 Å². The van der Waals surface area contributed by atoms with Crippen LogP contribution < -0.4 is 11.3 Å². The summed E-state index contributed by atoms with van der Waals surface area (Å²) in [6.07, 6.45) is 4.52. The minimum Gasteiger partial charge on any atom is -0.271 e. The first-order valence-electron chi connectivity index (χ1n) is 6.25. The van der Waals surface area contributed by atoms with Crippen LogP contribution in [0.25, 0.3) is 0 Å². The van der Waals surface area contributed by atoms with Crippen LogP contribution in [0, 0.1) is 11.8 Å². The molecule has 0 saturated heterocycles.